The Bertz CT molecular complexity index is 1260. The fourth-order valence-corrected chi connectivity index (χ4v) is 3.55. The van der Waals surface area contributed by atoms with Gasteiger partial charge >= 0.3 is 12.2 Å². The molecule has 9 nitrogen and oxygen atoms in total. The average molecular weight is 511 g/mol. The van der Waals surface area contributed by atoms with E-state index in [-0.39, 0.29) is 35.3 Å². The molecule has 36 heavy (non-hydrogen) atoms. The van der Waals surface area contributed by atoms with Crippen LogP contribution in [-0.4, -0.2) is 44.4 Å². The molecule has 0 unspecified atom stereocenters. The maximum absolute atomic E-state index is 13.3. The van der Waals surface area contributed by atoms with E-state index >= 15 is 0 Å². The Balaban J connectivity index is 1.42. The maximum atomic E-state index is 13.3. The quantitative estimate of drug-likeness (QED) is 0.376. The maximum Gasteiger partial charge on any atom is 0.435 e. The highest BCUT2D eigenvalue weighted by molar-refractivity contribution is 5.89. The number of halogens is 5. The van der Waals surface area contributed by atoms with Crippen molar-refractivity contribution in [1.82, 2.24) is 30.7 Å². The summed E-state index contributed by atoms with van der Waals surface area (Å²) in [6.45, 7) is 2.16. The van der Waals surface area contributed by atoms with Crippen molar-refractivity contribution >= 4 is 11.7 Å². The number of aromatic amines is 1. The van der Waals surface area contributed by atoms with Gasteiger partial charge in [-0.25, -0.2) is 18.6 Å². The fraction of sp³-hybridized carbons (Fsp3) is 0.409. The Labute approximate surface area is 201 Å². The third-order valence-corrected chi connectivity index (χ3v) is 5.35. The molecule has 0 atom stereocenters. The zero-order valence-corrected chi connectivity index (χ0v) is 19.2. The molecule has 192 valence electrons. The summed E-state index contributed by atoms with van der Waals surface area (Å²) in [6, 6.07) is 3.90. The Morgan fingerprint density at radius 1 is 1.19 bits per heavy atom. The number of hydrogen-bond acceptors (Lipinski definition) is 6. The van der Waals surface area contributed by atoms with Crippen LogP contribution >= 0.6 is 0 Å². The molecule has 3 N–H and O–H groups in total. The van der Waals surface area contributed by atoms with Gasteiger partial charge in [-0.3, -0.25) is 5.10 Å². The molecule has 3 aromatic rings. The Kier molecular flexibility index (Phi) is 7.04. The van der Waals surface area contributed by atoms with Crippen LogP contribution in [0.25, 0.3) is 11.3 Å². The van der Waals surface area contributed by atoms with Gasteiger partial charge in [-0.05, 0) is 44.4 Å². The van der Waals surface area contributed by atoms with E-state index in [1.54, 1.807) is 13.0 Å². The van der Waals surface area contributed by atoms with Gasteiger partial charge in [0.2, 0.25) is 5.88 Å². The molecule has 0 bridgehead atoms. The number of aryl methyl sites for hydroxylation is 2. The highest BCUT2D eigenvalue weighted by atomic mass is 19.4. The molecular formula is C22H22F5N7O2. The first-order chi connectivity index (χ1) is 17.0. The van der Waals surface area contributed by atoms with Crippen LogP contribution < -0.4 is 15.4 Å². The van der Waals surface area contributed by atoms with Gasteiger partial charge in [0.1, 0.15) is 0 Å². The van der Waals surface area contributed by atoms with Crippen molar-refractivity contribution in [3.05, 3.63) is 46.5 Å². The highest BCUT2D eigenvalue weighted by Gasteiger charge is 2.38. The van der Waals surface area contributed by atoms with Crippen LogP contribution in [0.5, 0.6) is 5.88 Å². The fourth-order valence-electron chi connectivity index (χ4n) is 3.55. The van der Waals surface area contributed by atoms with Crippen molar-refractivity contribution in [3.8, 4) is 17.1 Å². The van der Waals surface area contributed by atoms with Crippen LogP contribution in [0.1, 0.15) is 47.1 Å². The van der Waals surface area contributed by atoms with E-state index < -0.39 is 30.9 Å². The Morgan fingerprint density at radius 2 is 1.94 bits per heavy atom. The van der Waals surface area contributed by atoms with Gasteiger partial charge in [-0.1, -0.05) is 0 Å². The zero-order chi connectivity index (χ0) is 26.0. The van der Waals surface area contributed by atoms with Crippen LogP contribution in [0.3, 0.4) is 0 Å². The second kappa shape index (κ2) is 10.0. The van der Waals surface area contributed by atoms with Gasteiger partial charge in [0.25, 0.3) is 6.43 Å². The first-order valence-corrected chi connectivity index (χ1v) is 10.9. The molecule has 3 aromatic heterocycles. The molecule has 1 fully saturated rings. The van der Waals surface area contributed by atoms with Crippen molar-refractivity contribution in [2.45, 2.75) is 51.8 Å². The molecule has 0 radical (unpaired) electrons. The Hall–Kier alpha value is -3.84. The van der Waals surface area contributed by atoms with E-state index in [0.29, 0.717) is 22.6 Å². The lowest BCUT2D eigenvalue weighted by molar-refractivity contribution is -0.140. The molecule has 0 saturated heterocycles. The molecule has 0 spiro atoms. The predicted octanol–water partition coefficient (Wildman–Crippen LogP) is 4.74. The van der Waals surface area contributed by atoms with Crippen LogP contribution in [0.15, 0.2) is 18.2 Å². The minimum Gasteiger partial charge on any atom is -0.472 e. The van der Waals surface area contributed by atoms with Crippen molar-refractivity contribution in [2.75, 3.05) is 11.9 Å². The summed E-state index contributed by atoms with van der Waals surface area (Å²) in [6.07, 6.45) is -5.51. The number of ether oxygens (including phenoxy) is 1. The summed E-state index contributed by atoms with van der Waals surface area (Å²) < 4.78 is 69.9. The summed E-state index contributed by atoms with van der Waals surface area (Å²) >= 11 is 0. The first-order valence-electron chi connectivity index (χ1n) is 10.9. The van der Waals surface area contributed by atoms with Gasteiger partial charge in [-0.2, -0.15) is 23.4 Å². The van der Waals surface area contributed by atoms with Crippen LogP contribution in [0.2, 0.25) is 0 Å². The van der Waals surface area contributed by atoms with Crippen molar-refractivity contribution in [3.63, 3.8) is 0 Å². The number of amides is 2. The SMILES string of the molecule is Cc1cc(CNC(=O)Nc2cc(OCC(F)F)nc(C3CC3)c2)nnc1-c1c(C(F)(F)F)n[nH]c1C. The topological polar surface area (TPSA) is 118 Å². The van der Waals surface area contributed by atoms with Crippen LogP contribution in [-0.2, 0) is 12.7 Å². The number of H-pyrrole nitrogens is 1. The van der Waals surface area contributed by atoms with E-state index in [9.17, 15) is 26.7 Å². The van der Waals surface area contributed by atoms with Crippen molar-refractivity contribution in [1.29, 1.82) is 0 Å². The number of anilines is 1. The summed E-state index contributed by atoms with van der Waals surface area (Å²) in [5, 5.41) is 18.7. The standard InChI is InChI=1S/C22H22F5N7O2/c1-10-5-14(32-33-19(10)18-11(2)31-34-20(18)22(25,26)27)8-28-21(35)29-13-6-15(12-3-4-12)30-17(7-13)36-9-16(23)24/h5-7,12,16H,3-4,8-9H2,1-2H3,(H,31,34)(H2,28,29,30,35). The normalized spacial score (nSPS) is 13.7. The van der Waals surface area contributed by atoms with Crippen LogP contribution in [0.4, 0.5) is 32.4 Å². The van der Waals surface area contributed by atoms with Gasteiger partial charge in [0.05, 0.1) is 23.5 Å². The average Bonchev–Trinajstić information content (AvgIpc) is 3.58. The predicted molar refractivity (Wildman–Crippen MR) is 118 cm³/mol. The smallest absolute Gasteiger partial charge is 0.435 e. The number of alkyl halides is 5. The van der Waals surface area contributed by atoms with Crippen molar-refractivity contribution < 1.29 is 31.5 Å². The molecule has 1 saturated carbocycles. The van der Waals surface area contributed by atoms with E-state index in [4.69, 9.17) is 4.74 Å². The van der Waals surface area contributed by atoms with Crippen molar-refractivity contribution in [2.24, 2.45) is 0 Å². The zero-order valence-electron chi connectivity index (χ0n) is 19.2. The van der Waals surface area contributed by atoms with E-state index in [1.165, 1.54) is 19.1 Å². The summed E-state index contributed by atoms with van der Waals surface area (Å²) in [5.41, 5.74) is 0.661. The monoisotopic (exact) mass is 511 g/mol. The minimum atomic E-state index is -4.66. The number of urea groups is 1. The molecule has 0 aliphatic heterocycles. The lowest BCUT2D eigenvalue weighted by Gasteiger charge is -2.12. The second-order valence-electron chi connectivity index (χ2n) is 8.34. The van der Waals surface area contributed by atoms with E-state index in [0.717, 1.165) is 12.8 Å². The molecule has 3 heterocycles. The third kappa shape index (κ3) is 6.04. The summed E-state index contributed by atoms with van der Waals surface area (Å²) in [5.74, 6) is 0.178. The number of pyridine rings is 1. The number of nitrogens with one attached hydrogen (secondary N) is 3. The Morgan fingerprint density at radius 3 is 2.58 bits per heavy atom. The molecule has 1 aliphatic rings. The number of carbonyl (C=O) groups excluding carboxylic acids is 1. The number of carbonyl (C=O) groups is 1. The third-order valence-electron chi connectivity index (χ3n) is 5.35. The number of nitrogens with zero attached hydrogens (tertiary/aromatic N) is 4. The van der Waals surface area contributed by atoms with Gasteiger partial charge < -0.3 is 15.4 Å². The molecule has 1 aliphatic carbocycles. The van der Waals surface area contributed by atoms with E-state index in [2.05, 4.69) is 36.0 Å². The molecular weight excluding hydrogens is 489 g/mol. The summed E-state index contributed by atoms with van der Waals surface area (Å²) in [7, 11) is 0. The van der Waals surface area contributed by atoms with Gasteiger partial charge in [0, 0.05) is 29.1 Å². The first kappa shape index (κ1) is 25.3. The number of aromatic nitrogens is 5. The lowest BCUT2D eigenvalue weighted by atomic mass is 10.0. The lowest BCUT2D eigenvalue weighted by Crippen LogP contribution is -2.28. The van der Waals surface area contributed by atoms with E-state index in [1.807, 2.05) is 0 Å². The molecule has 2 amide bonds. The largest absolute Gasteiger partial charge is 0.472 e. The van der Waals surface area contributed by atoms with Gasteiger partial charge in [-0.15, -0.1) is 5.10 Å². The second-order valence-corrected chi connectivity index (χ2v) is 8.34. The van der Waals surface area contributed by atoms with Gasteiger partial charge in [0.15, 0.2) is 12.3 Å². The highest BCUT2D eigenvalue weighted by Crippen LogP contribution is 2.41. The molecule has 4 rings (SSSR count). The number of hydrogen-bond donors (Lipinski definition) is 3. The summed E-state index contributed by atoms with van der Waals surface area (Å²) in [4.78, 5) is 16.6. The molecule has 0 aromatic carbocycles. The number of rotatable bonds is 8. The molecule has 14 heteroatoms. The minimum absolute atomic E-state index is 0.0140. The van der Waals surface area contributed by atoms with Crippen LogP contribution in [0, 0.1) is 13.8 Å².